The molecule has 4 heteroatoms. The van der Waals surface area contributed by atoms with Gasteiger partial charge in [-0.25, -0.2) is 4.98 Å². The third-order valence-electron chi connectivity index (χ3n) is 2.75. The maximum Gasteiger partial charge on any atom is 0.256 e. The molecule has 0 atom stereocenters. The summed E-state index contributed by atoms with van der Waals surface area (Å²) in [5, 5.41) is 2.76. The molecule has 1 aromatic carbocycles. The lowest BCUT2D eigenvalue weighted by atomic mass is 9.49. The minimum atomic E-state index is -0.135. The van der Waals surface area contributed by atoms with Crippen molar-refractivity contribution in [1.29, 1.82) is 0 Å². The maximum absolute atomic E-state index is 11.9. The number of rotatable bonds is 3. The average molecular weight is 238 g/mol. The third-order valence-corrected chi connectivity index (χ3v) is 2.75. The average Bonchev–Trinajstić information content (AvgIpc) is 2.40. The van der Waals surface area contributed by atoms with Gasteiger partial charge in [-0.05, 0) is 24.3 Å². The predicted octanol–water partition coefficient (Wildman–Crippen LogP) is 2.30. The van der Waals surface area contributed by atoms with E-state index in [9.17, 15) is 4.79 Å². The van der Waals surface area contributed by atoms with E-state index < -0.39 is 0 Å². The predicted molar refractivity (Wildman–Crippen MR) is 75.7 cm³/mol. The Bertz CT molecular complexity index is 523. The minimum Gasteiger partial charge on any atom is -0.307 e. The molecule has 0 bridgehead atoms. The molecule has 1 amide bonds. The van der Waals surface area contributed by atoms with Crippen molar-refractivity contribution in [2.24, 2.45) is 0 Å². The molecule has 2 aromatic rings. The van der Waals surface area contributed by atoms with E-state index in [1.54, 1.807) is 12.3 Å². The van der Waals surface area contributed by atoms with Gasteiger partial charge in [-0.3, -0.25) is 4.79 Å². The Morgan fingerprint density at radius 1 is 1.11 bits per heavy atom. The molecule has 1 N–H and O–H groups in total. The fraction of sp³-hybridized carbons (Fsp3) is 0.143. The Hall–Kier alpha value is -2.10. The van der Waals surface area contributed by atoms with E-state index in [1.165, 1.54) is 5.46 Å². The van der Waals surface area contributed by atoms with Crippen LogP contribution in [0.4, 0.5) is 5.82 Å². The number of hydrogen-bond donors (Lipinski definition) is 1. The van der Waals surface area contributed by atoms with Gasteiger partial charge in [0, 0.05) is 11.8 Å². The van der Waals surface area contributed by atoms with Crippen molar-refractivity contribution in [3.63, 3.8) is 0 Å². The van der Waals surface area contributed by atoms with Crippen LogP contribution in [0.1, 0.15) is 10.4 Å². The Balaban J connectivity index is 2.10. The van der Waals surface area contributed by atoms with Gasteiger partial charge < -0.3 is 5.32 Å². The first-order valence-corrected chi connectivity index (χ1v) is 5.99. The SMILES string of the molecule is CB(C)c1ccc(C(=O)Nc2ccccn2)cc1. The number of nitrogens with one attached hydrogen (secondary N) is 1. The maximum atomic E-state index is 11.9. The normalized spacial score (nSPS) is 9.89. The fourth-order valence-corrected chi connectivity index (χ4v) is 1.64. The first kappa shape index (κ1) is 12.4. The van der Waals surface area contributed by atoms with E-state index in [0.717, 1.165) is 0 Å². The Morgan fingerprint density at radius 2 is 1.83 bits per heavy atom. The number of pyridine rings is 1. The second-order valence-corrected chi connectivity index (χ2v) is 4.45. The summed E-state index contributed by atoms with van der Waals surface area (Å²) in [6.07, 6.45) is 1.65. The molecular formula is C14H15BN2O. The second-order valence-electron chi connectivity index (χ2n) is 4.45. The summed E-state index contributed by atoms with van der Waals surface area (Å²) >= 11 is 0. The topological polar surface area (TPSA) is 42.0 Å². The van der Waals surface area contributed by atoms with Gasteiger partial charge in [0.15, 0.2) is 6.71 Å². The second kappa shape index (κ2) is 5.49. The summed E-state index contributed by atoms with van der Waals surface area (Å²) in [6.45, 7) is 4.73. The van der Waals surface area contributed by atoms with Crippen LogP contribution < -0.4 is 10.8 Å². The van der Waals surface area contributed by atoms with Gasteiger partial charge in [0.05, 0.1) is 0 Å². The van der Waals surface area contributed by atoms with E-state index in [4.69, 9.17) is 0 Å². The largest absolute Gasteiger partial charge is 0.307 e. The summed E-state index contributed by atoms with van der Waals surface area (Å²) in [4.78, 5) is 16.0. The van der Waals surface area contributed by atoms with Crippen molar-refractivity contribution in [3.05, 3.63) is 54.2 Å². The molecule has 0 aliphatic rings. The first-order chi connectivity index (χ1) is 8.66. The summed E-state index contributed by atoms with van der Waals surface area (Å²) in [6, 6.07) is 13.1. The number of aromatic nitrogens is 1. The first-order valence-electron chi connectivity index (χ1n) is 5.99. The van der Waals surface area contributed by atoms with Crippen LogP contribution in [0.2, 0.25) is 13.6 Å². The third kappa shape index (κ3) is 2.97. The van der Waals surface area contributed by atoms with Crippen molar-refractivity contribution in [3.8, 4) is 0 Å². The van der Waals surface area contributed by atoms with Crippen LogP contribution in [0.3, 0.4) is 0 Å². The quantitative estimate of drug-likeness (QED) is 0.833. The lowest BCUT2D eigenvalue weighted by Crippen LogP contribution is -2.23. The molecule has 0 fully saturated rings. The molecule has 0 radical (unpaired) electrons. The summed E-state index contributed by atoms with van der Waals surface area (Å²) in [5.41, 5.74) is 1.87. The van der Waals surface area contributed by atoms with E-state index in [1.807, 2.05) is 36.4 Å². The molecule has 0 saturated heterocycles. The zero-order valence-corrected chi connectivity index (χ0v) is 10.6. The molecule has 0 saturated carbocycles. The molecule has 18 heavy (non-hydrogen) atoms. The molecule has 3 nitrogen and oxygen atoms in total. The molecule has 2 rings (SSSR count). The number of amides is 1. The molecule has 0 aliphatic heterocycles. The van der Waals surface area contributed by atoms with E-state index in [2.05, 4.69) is 23.9 Å². The van der Waals surface area contributed by atoms with Crippen LogP contribution in [-0.2, 0) is 0 Å². The number of nitrogens with zero attached hydrogens (tertiary/aromatic N) is 1. The Kier molecular flexibility index (Phi) is 3.77. The van der Waals surface area contributed by atoms with Gasteiger partial charge in [-0.2, -0.15) is 0 Å². The zero-order valence-electron chi connectivity index (χ0n) is 10.6. The highest BCUT2D eigenvalue weighted by molar-refractivity contribution is 6.70. The van der Waals surface area contributed by atoms with Crippen LogP contribution in [0.15, 0.2) is 48.7 Å². The van der Waals surface area contributed by atoms with Crippen molar-refractivity contribution < 1.29 is 4.79 Å². The van der Waals surface area contributed by atoms with Gasteiger partial charge in [-0.1, -0.05) is 37.3 Å². The molecular weight excluding hydrogens is 223 g/mol. The highest BCUT2D eigenvalue weighted by Gasteiger charge is 2.08. The molecule has 0 unspecified atom stereocenters. The molecule has 0 aliphatic carbocycles. The van der Waals surface area contributed by atoms with Crippen LogP contribution in [-0.4, -0.2) is 17.6 Å². The molecule has 0 spiro atoms. The van der Waals surface area contributed by atoms with Gasteiger partial charge in [0.25, 0.3) is 5.91 Å². The van der Waals surface area contributed by atoms with Crippen LogP contribution in [0.5, 0.6) is 0 Å². The van der Waals surface area contributed by atoms with Gasteiger partial charge >= 0.3 is 0 Å². The lowest BCUT2D eigenvalue weighted by Gasteiger charge is -2.06. The van der Waals surface area contributed by atoms with E-state index in [0.29, 0.717) is 18.1 Å². The van der Waals surface area contributed by atoms with Gasteiger partial charge in [-0.15, -0.1) is 0 Å². The lowest BCUT2D eigenvalue weighted by molar-refractivity contribution is 0.102. The fourth-order valence-electron chi connectivity index (χ4n) is 1.64. The zero-order chi connectivity index (χ0) is 13.0. The van der Waals surface area contributed by atoms with Crippen LogP contribution in [0, 0.1) is 0 Å². The Labute approximate surface area is 107 Å². The van der Waals surface area contributed by atoms with Gasteiger partial charge in [0.1, 0.15) is 5.82 Å². The highest BCUT2D eigenvalue weighted by Crippen LogP contribution is 2.05. The van der Waals surface area contributed by atoms with Gasteiger partial charge in [0.2, 0.25) is 0 Å². The highest BCUT2D eigenvalue weighted by atomic mass is 16.1. The van der Waals surface area contributed by atoms with Crippen LogP contribution in [0.25, 0.3) is 0 Å². The van der Waals surface area contributed by atoms with Crippen LogP contribution >= 0.6 is 0 Å². The van der Waals surface area contributed by atoms with Crippen molar-refractivity contribution in [2.75, 3.05) is 5.32 Å². The van der Waals surface area contributed by atoms with Crippen molar-refractivity contribution >= 4 is 23.9 Å². The molecule has 1 heterocycles. The number of carbonyl (C=O) groups is 1. The van der Waals surface area contributed by atoms with E-state index in [-0.39, 0.29) is 5.91 Å². The summed E-state index contributed by atoms with van der Waals surface area (Å²) in [7, 11) is 0. The molecule has 1 aromatic heterocycles. The van der Waals surface area contributed by atoms with Crippen molar-refractivity contribution in [2.45, 2.75) is 13.6 Å². The number of hydrogen-bond acceptors (Lipinski definition) is 2. The van der Waals surface area contributed by atoms with E-state index >= 15 is 0 Å². The summed E-state index contributed by atoms with van der Waals surface area (Å²) in [5.74, 6) is 0.430. The Morgan fingerprint density at radius 3 is 2.39 bits per heavy atom. The minimum absolute atomic E-state index is 0.135. The number of benzene rings is 1. The standard InChI is InChI=1S/C14H15BN2O/c1-15(2)12-8-6-11(7-9-12)14(18)17-13-5-3-4-10-16-13/h3-10H,1-2H3,(H,16,17,18). The number of carbonyl (C=O) groups excluding carboxylic acids is 1. The monoisotopic (exact) mass is 238 g/mol. The van der Waals surface area contributed by atoms with Crippen molar-refractivity contribution in [1.82, 2.24) is 4.98 Å². The smallest absolute Gasteiger partial charge is 0.256 e. The number of anilines is 1. The summed E-state index contributed by atoms with van der Waals surface area (Å²) < 4.78 is 0. The molecule has 90 valence electrons.